The molecule has 0 spiro atoms. The Balaban J connectivity index is 2.24. The van der Waals surface area contributed by atoms with E-state index in [2.05, 4.69) is 0 Å². The van der Waals surface area contributed by atoms with Crippen molar-refractivity contribution in [1.82, 2.24) is 4.90 Å². The maximum atomic E-state index is 13.8. The molecule has 2 rings (SSSR count). The number of rotatable bonds is 2. The lowest BCUT2D eigenvalue weighted by Crippen LogP contribution is -2.50. The van der Waals surface area contributed by atoms with E-state index in [1.165, 1.54) is 29.0 Å². The van der Waals surface area contributed by atoms with Crippen LogP contribution in [0.1, 0.15) is 25.7 Å². The number of carboxylic acids is 1. The van der Waals surface area contributed by atoms with E-state index in [9.17, 15) is 19.1 Å². The topological polar surface area (TPSA) is 60.9 Å². The molecule has 1 N–H and O–H groups in total. The van der Waals surface area contributed by atoms with Crippen LogP contribution in [0, 0.1) is 5.82 Å². The summed E-state index contributed by atoms with van der Waals surface area (Å²) in [5, 5.41) is 9.30. The first-order chi connectivity index (χ1) is 10.0. The highest BCUT2D eigenvalue weighted by Crippen LogP contribution is 2.23. The van der Waals surface area contributed by atoms with Crippen molar-refractivity contribution in [1.29, 1.82) is 0 Å². The number of anilines is 1. The number of hydrogen-bond donors (Lipinski definition) is 1. The lowest BCUT2D eigenvalue weighted by molar-refractivity contribution is -0.142. The SMILES string of the molecule is CN(C(=O)N1CCCCCC1C(=O)O)c1ccccc1F. The second kappa shape index (κ2) is 6.56. The van der Waals surface area contributed by atoms with Crippen molar-refractivity contribution in [2.24, 2.45) is 0 Å². The molecule has 0 radical (unpaired) electrons. The molecule has 1 aliphatic heterocycles. The van der Waals surface area contributed by atoms with Crippen molar-refractivity contribution in [3.63, 3.8) is 0 Å². The van der Waals surface area contributed by atoms with Crippen molar-refractivity contribution in [2.45, 2.75) is 31.7 Å². The molecule has 21 heavy (non-hydrogen) atoms. The number of carbonyl (C=O) groups is 2. The third kappa shape index (κ3) is 3.32. The van der Waals surface area contributed by atoms with E-state index in [0.717, 1.165) is 19.3 Å². The number of aliphatic carboxylic acids is 1. The van der Waals surface area contributed by atoms with E-state index in [1.54, 1.807) is 12.1 Å². The second-order valence-corrected chi connectivity index (χ2v) is 5.19. The summed E-state index contributed by atoms with van der Waals surface area (Å²) in [5.41, 5.74) is 0.149. The molecule has 1 heterocycles. The third-order valence-corrected chi connectivity index (χ3v) is 3.78. The van der Waals surface area contributed by atoms with Crippen LogP contribution in [0.2, 0.25) is 0 Å². The van der Waals surface area contributed by atoms with Crippen LogP contribution in [0.4, 0.5) is 14.9 Å². The molecular formula is C15H19FN2O3. The predicted molar refractivity (Wildman–Crippen MR) is 76.8 cm³/mol. The molecule has 2 amide bonds. The van der Waals surface area contributed by atoms with Crippen LogP contribution < -0.4 is 4.90 Å². The Labute approximate surface area is 123 Å². The van der Waals surface area contributed by atoms with Crippen LogP contribution in [-0.4, -0.2) is 41.6 Å². The molecule has 1 aromatic rings. The van der Waals surface area contributed by atoms with Gasteiger partial charge in [0.1, 0.15) is 11.9 Å². The van der Waals surface area contributed by atoms with E-state index in [-0.39, 0.29) is 5.69 Å². The van der Waals surface area contributed by atoms with Crippen molar-refractivity contribution >= 4 is 17.7 Å². The Morgan fingerprint density at radius 2 is 2.00 bits per heavy atom. The largest absolute Gasteiger partial charge is 0.480 e. The third-order valence-electron chi connectivity index (χ3n) is 3.78. The summed E-state index contributed by atoms with van der Waals surface area (Å²) in [6.07, 6.45) is 2.88. The van der Waals surface area contributed by atoms with Crippen LogP contribution in [0.3, 0.4) is 0 Å². The van der Waals surface area contributed by atoms with Crippen molar-refractivity contribution < 1.29 is 19.1 Å². The summed E-state index contributed by atoms with van der Waals surface area (Å²) in [7, 11) is 1.46. The fourth-order valence-corrected chi connectivity index (χ4v) is 2.61. The molecule has 1 atom stereocenters. The Bertz CT molecular complexity index is 535. The van der Waals surface area contributed by atoms with Crippen LogP contribution >= 0.6 is 0 Å². The van der Waals surface area contributed by atoms with Crippen molar-refractivity contribution in [3.05, 3.63) is 30.1 Å². The molecule has 0 aliphatic carbocycles. The minimum absolute atomic E-state index is 0.149. The van der Waals surface area contributed by atoms with Gasteiger partial charge in [0.05, 0.1) is 5.69 Å². The zero-order valence-corrected chi connectivity index (χ0v) is 12.0. The molecule has 1 unspecified atom stereocenters. The molecule has 0 aromatic heterocycles. The first-order valence-electron chi connectivity index (χ1n) is 7.04. The smallest absolute Gasteiger partial charge is 0.326 e. The number of hydrogen-bond acceptors (Lipinski definition) is 2. The van der Waals surface area contributed by atoms with Gasteiger partial charge in [0.25, 0.3) is 0 Å². The number of urea groups is 1. The van der Waals surface area contributed by atoms with Gasteiger partial charge in [-0.15, -0.1) is 0 Å². The Kier molecular flexibility index (Phi) is 4.77. The Morgan fingerprint density at radius 3 is 2.67 bits per heavy atom. The first-order valence-corrected chi connectivity index (χ1v) is 7.04. The molecule has 1 fully saturated rings. The van der Waals surface area contributed by atoms with Gasteiger partial charge in [-0.05, 0) is 25.0 Å². The molecule has 6 heteroatoms. The van der Waals surface area contributed by atoms with E-state index >= 15 is 0 Å². The highest BCUT2D eigenvalue weighted by atomic mass is 19.1. The quantitative estimate of drug-likeness (QED) is 0.912. The average molecular weight is 294 g/mol. The van der Waals surface area contributed by atoms with Gasteiger partial charge in [0.15, 0.2) is 0 Å². The maximum absolute atomic E-state index is 13.8. The number of amides is 2. The zero-order valence-electron chi connectivity index (χ0n) is 12.0. The van der Waals surface area contributed by atoms with E-state index in [4.69, 9.17) is 0 Å². The van der Waals surface area contributed by atoms with Gasteiger partial charge in [-0.1, -0.05) is 25.0 Å². The number of carboxylic acid groups (broad SMARTS) is 1. The number of halogens is 1. The van der Waals surface area contributed by atoms with Gasteiger partial charge in [-0.3, -0.25) is 4.90 Å². The number of benzene rings is 1. The maximum Gasteiger partial charge on any atom is 0.326 e. The fraction of sp³-hybridized carbons (Fsp3) is 0.467. The number of nitrogens with zero attached hydrogens (tertiary/aromatic N) is 2. The summed E-state index contributed by atoms with van der Waals surface area (Å²) in [4.78, 5) is 26.4. The van der Waals surface area contributed by atoms with Crippen molar-refractivity contribution in [2.75, 3.05) is 18.5 Å². The highest BCUT2D eigenvalue weighted by Gasteiger charge is 2.33. The van der Waals surface area contributed by atoms with Gasteiger partial charge < -0.3 is 10.0 Å². The van der Waals surface area contributed by atoms with Gasteiger partial charge in [-0.2, -0.15) is 0 Å². The number of likely N-dealkylation sites (tertiary alicyclic amines) is 1. The molecule has 114 valence electrons. The van der Waals surface area contributed by atoms with Gasteiger partial charge in [0.2, 0.25) is 0 Å². The second-order valence-electron chi connectivity index (χ2n) is 5.19. The highest BCUT2D eigenvalue weighted by molar-refractivity contribution is 5.94. The molecule has 0 bridgehead atoms. The Morgan fingerprint density at radius 1 is 1.29 bits per heavy atom. The molecule has 5 nitrogen and oxygen atoms in total. The van der Waals surface area contributed by atoms with E-state index in [0.29, 0.717) is 13.0 Å². The molecule has 1 aliphatic rings. The van der Waals surface area contributed by atoms with Gasteiger partial charge in [0, 0.05) is 13.6 Å². The fourth-order valence-electron chi connectivity index (χ4n) is 2.61. The summed E-state index contributed by atoms with van der Waals surface area (Å²) < 4.78 is 13.8. The van der Waals surface area contributed by atoms with E-state index in [1.807, 2.05) is 0 Å². The summed E-state index contributed by atoms with van der Waals surface area (Å²) in [5.74, 6) is -1.51. The monoisotopic (exact) mass is 294 g/mol. The minimum Gasteiger partial charge on any atom is -0.480 e. The first kappa shape index (κ1) is 15.3. The predicted octanol–water partition coefficient (Wildman–Crippen LogP) is 2.71. The van der Waals surface area contributed by atoms with Crippen LogP contribution in [0.5, 0.6) is 0 Å². The molecule has 1 aromatic carbocycles. The molecular weight excluding hydrogens is 275 g/mol. The molecule has 0 saturated carbocycles. The van der Waals surface area contributed by atoms with Crippen LogP contribution in [-0.2, 0) is 4.79 Å². The minimum atomic E-state index is -1.01. The lowest BCUT2D eigenvalue weighted by Gasteiger charge is -2.31. The average Bonchev–Trinajstić information content (AvgIpc) is 2.72. The van der Waals surface area contributed by atoms with Crippen LogP contribution in [0.15, 0.2) is 24.3 Å². The lowest BCUT2D eigenvalue weighted by atomic mass is 10.1. The van der Waals surface area contributed by atoms with E-state index < -0.39 is 23.9 Å². The Hall–Kier alpha value is -2.11. The standard InChI is InChI=1S/C15H19FN2O3/c1-17(12-8-5-4-7-11(12)16)15(21)18-10-6-2-3-9-13(18)14(19)20/h4-5,7-8,13H,2-3,6,9-10H2,1H3,(H,19,20). The summed E-state index contributed by atoms with van der Waals surface area (Å²) in [6, 6.07) is 4.64. The van der Waals surface area contributed by atoms with Gasteiger partial charge in [-0.25, -0.2) is 14.0 Å². The summed E-state index contributed by atoms with van der Waals surface area (Å²) >= 11 is 0. The van der Waals surface area contributed by atoms with Gasteiger partial charge >= 0.3 is 12.0 Å². The zero-order chi connectivity index (χ0) is 15.4. The van der Waals surface area contributed by atoms with Crippen molar-refractivity contribution in [3.8, 4) is 0 Å². The molecule has 1 saturated heterocycles. The van der Waals surface area contributed by atoms with Crippen LogP contribution in [0.25, 0.3) is 0 Å². The number of para-hydroxylation sites is 1. The summed E-state index contributed by atoms with van der Waals surface area (Å²) in [6.45, 7) is 0.384. The normalized spacial score (nSPS) is 19.0. The number of carbonyl (C=O) groups excluding carboxylic acids is 1.